The van der Waals surface area contributed by atoms with Crippen molar-refractivity contribution in [2.45, 2.75) is 13.5 Å². The van der Waals surface area contributed by atoms with Gasteiger partial charge in [0.15, 0.2) is 0 Å². The fourth-order valence-electron chi connectivity index (χ4n) is 2.39. The molecule has 0 bridgehead atoms. The number of rotatable bonds is 3. The van der Waals surface area contributed by atoms with E-state index in [2.05, 4.69) is 5.32 Å². The van der Waals surface area contributed by atoms with Crippen LogP contribution in [-0.4, -0.2) is 16.8 Å². The molecule has 3 rings (SSSR count). The van der Waals surface area contributed by atoms with Gasteiger partial charge in [0.05, 0.1) is 6.54 Å². The minimum absolute atomic E-state index is 0.274. The van der Waals surface area contributed by atoms with Crippen LogP contribution in [-0.2, 0) is 11.3 Å². The van der Waals surface area contributed by atoms with Crippen LogP contribution in [0.15, 0.2) is 60.3 Å². The van der Waals surface area contributed by atoms with Crippen LogP contribution in [0.1, 0.15) is 16.7 Å². The highest BCUT2D eigenvalue weighted by molar-refractivity contribution is 6.13. The third-order valence-electron chi connectivity index (χ3n) is 3.63. The predicted octanol–water partition coefficient (Wildman–Crippen LogP) is 3.09. The lowest BCUT2D eigenvalue weighted by Crippen LogP contribution is -2.30. The number of aryl methyl sites for hydroxylation is 1. The highest BCUT2D eigenvalue weighted by Crippen LogP contribution is 2.18. The SMILES string of the molecule is Cc1ccccc1/C=C1/NC(=O)N(Cc2ccccc2)C1=O. The number of carbonyl (C=O) groups excluding carboxylic acids is 2. The molecular formula is C18H16N2O2. The van der Waals surface area contributed by atoms with Crippen molar-refractivity contribution in [1.29, 1.82) is 0 Å². The van der Waals surface area contributed by atoms with Crippen LogP contribution in [0.4, 0.5) is 4.79 Å². The van der Waals surface area contributed by atoms with Crippen LogP contribution < -0.4 is 5.32 Å². The normalized spacial score (nSPS) is 16.2. The van der Waals surface area contributed by atoms with Gasteiger partial charge in [0, 0.05) is 0 Å². The van der Waals surface area contributed by atoms with Gasteiger partial charge in [-0.3, -0.25) is 9.69 Å². The molecule has 110 valence electrons. The monoisotopic (exact) mass is 292 g/mol. The topological polar surface area (TPSA) is 49.4 Å². The van der Waals surface area contributed by atoms with E-state index in [1.54, 1.807) is 6.08 Å². The lowest BCUT2D eigenvalue weighted by molar-refractivity contribution is -0.123. The minimum atomic E-state index is -0.381. The summed E-state index contributed by atoms with van der Waals surface area (Å²) in [7, 11) is 0. The number of amides is 3. The summed E-state index contributed by atoms with van der Waals surface area (Å²) in [4.78, 5) is 25.7. The first-order valence-electron chi connectivity index (χ1n) is 7.09. The van der Waals surface area contributed by atoms with E-state index in [0.717, 1.165) is 16.7 Å². The maximum Gasteiger partial charge on any atom is 0.329 e. The summed E-state index contributed by atoms with van der Waals surface area (Å²) in [5.41, 5.74) is 3.21. The Morgan fingerprint density at radius 2 is 1.68 bits per heavy atom. The van der Waals surface area contributed by atoms with E-state index < -0.39 is 0 Å². The lowest BCUT2D eigenvalue weighted by Gasteiger charge is -2.11. The molecule has 4 nitrogen and oxygen atoms in total. The van der Waals surface area contributed by atoms with Gasteiger partial charge in [0.1, 0.15) is 5.70 Å². The van der Waals surface area contributed by atoms with Gasteiger partial charge in [-0.2, -0.15) is 0 Å². The molecule has 1 N–H and O–H groups in total. The molecule has 1 aliphatic rings. The van der Waals surface area contributed by atoms with E-state index in [-0.39, 0.29) is 18.5 Å². The quantitative estimate of drug-likeness (QED) is 0.698. The second kappa shape index (κ2) is 5.85. The van der Waals surface area contributed by atoms with Crippen molar-refractivity contribution in [1.82, 2.24) is 10.2 Å². The Morgan fingerprint density at radius 3 is 2.41 bits per heavy atom. The van der Waals surface area contributed by atoms with Crippen molar-refractivity contribution < 1.29 is 9.59 Å². The zero-order valence-electron chi connectivity index (χ0n) is 12.2. The number of carbonyl (C=O) groups is 2. The highest BCUT2D eigenvalue weighted by atomic mass is 16.2. The average molecular weight is 292 g/mol. The number of urea groups is 1. The standard InChI is InChI=1S/C18H16N2O2/c1-13-7-5-6-10-15(13)11-16-17(21)20(18(22)19-16)12-14-8-3-2-4-9-14/h2-11H,12H2,1H3,(H,19,22)/b16-11+. The maximum atomic E-state index is 12.4. The first-order valence-corrected chi connectivity index (χ1v) is 7.09. The number of imide groups is 1. The third-order valence-corrected chi connectivity index (χ3v) is 3.63. The van der Waals surface area contributed by atoms with E-state index in [1.807, 2.05) is 61.5 Å². The van der Waals surface area contributed by atoms with Crippen LogP contribution in [0.25, 0.3) is 6.08 Å². The summed E-state index contributed by atoms with van der Waals surface area (Å²) in [6.07, 6.45) is 1.72. The largest absolute Gasteiger partial charge is 0.329 e. The Hall–Kier alpha value is -2.88. The fourth-order valence-corrected chi connectivity index (χ4v) is 2.39. The Kier molecular flexibility index (Phi) is 3.74. The minimum Gasteiger partial charge on any atom is -0.303 e. The molecule has 0 atom stereocenters. The van der Waals surface area contributed by atoms with Crippen molar-refractivity contribution in [3.05, 3.63) is 77.0 Å². The first-order chi connectivity index (χ1) is 10.6. The molecule has 1 saturated heterocycles. The predicted molar refractivity (Wildman–Crippen MR) is 84.7 cm³/mol. The van der Waals surface area contributed by atoms with Crippen LogP contribution >= 0.6 is 0 Å². The summed E-state index contributed by atoms with van der Waals surface area (Å²) < 4.78 is 0. The molecule has 0 aliphatic carbocycles. The molecule has 1 aliphatic heterocycles. The Labute approximate surface area is 129 Å². The van der Waals surface area contributed by atoms with Crippen molar-refractivity contribution in [2.75, 3.05) is 0 Å². The zero-order valence-corrected chi connectivity index (χ0v) is 12.2. The van der Waals surface area contributed by atoms with E-state index in [0.29, 0.717) is 5.70 Å². The molecule has 3 amide bonds. The van der Waals surface area contributed by atoms with Gasteiger partial charge in [-0.15, -0.1) is 0 Å². The molecule has 0 radical (unpaired) electrons. The third kappa shape index (κ3) is 2.76. The maximum absolute atomic E-state index is 12.4. The van der Waals surface area contributed by atoms with Gasteiger partial charge in [0.25, 0.3) is 5.91 Å². The Morgan fingerprint density at radius 1 is 1.00 bits per heavy atom. The summed E-state index contributed by atoms with van der Waals surface area (Å²) in [5, 5.41) is 2.65. The number of hydrogen-bond acceptors (Lipinski definition) is 2. The lowest BCUT2D eigenvalue weighted by atomic mass is 10.1. The summed E-state index contributed by atoms with van der Waals surface area (Å²) >= 11 is 0. The second-order valence-electron chi connectivity index (χ2n) is 5.22. The van der Waals surface area contributed by atoms with Gasteiger partial charge in [0.2, 0.25) is 0 Å². The molecule has 0 saturated carbocycles. The molecule has 22 heavy (non-hydrogen) atoms. The van der Waals surface area contributed by atoms with Crippen molar-refractivity contribution in [3.8, 4) is 0 Å². The molecule has 1 fully saturated rings. The molecule has 4 heteroatoms. The molecule has 1 heterocycles. The summed E-state index contributed by atoms with van der Waals surface area (Å²) in [5.74, 6) is -0.294. The molecular weight excluding hydrogens is 276 g/mol. The van der Waals surface area contributed by atoms with Gasteiger partial charge in [-0.25, -0.2) is 4.79 Å². The van der Waals surface area contributed by atoms with E-state index >= 15 is 0 Å². The van der Waals surface area contributed by atoms with Crippen molar-refractivity contribution in [3.63, 3.8) is 0 Å². The molecule has 2 aromatic carbocycles. The van der Waals surface area contributed by atoms with Gasteiger partial charge in [-0.1, -0.05) is 54.6 Å². The molecule has 0 unspecified atom stereocenters. The Balaban J connectivity index is 1.84. The molecule has 2 aromatic rings. The first kappa shape index (κ1) is 14.1. The van der Waals surface area contributed by atoms with Gasteiger partial charge < -0.3 is 5.32 Å². The number of benzene rings is 2. The van der Waals surface area contributed by atoms with E-state index in [1.165, 1.54) is 4.90 Å². The number of nitrogens with zero attached hydrogens (tertiary/aromatic N) is 1. The fraction of sp³-hybridized carbons (Fsp3) is 0.111. The van der Waals surface area contributed by atoms with Crippen LogP contribution in [0.3, 0.4) is 0 Å². The molecule has 0 spiro atoms. The smallest absolute Gasteiger partial charge is 0.303 e. The number of hydrogen-bond donors (Lipinski definition) is 1. The average Bonchev–Trinajstić information content (AvgIpc) is 2.78. The second-order valence-corrected chi connectivity index (χ2v) is 5.22. The van der Waals surface area contributed by atoms with E-state index in [9.17, 15) is 9.59 Å². The summed E-state index contributed by atoms with van der Waals surface area (Å²) in [6.45, 7) is 2.24. The van der Waals surface area contributed by atoms with Crippen LogP contribution in [0.2, 0.25) is 0 Å². The highest BCUT2D eigenvalue weighted by Gasteiger charge is 2.33. The van der Waals surface area contributed by atoms with Gasteiger partial charge >= 0.3 is 6.03 Å². The Bertz CT molecular complexity index is 751. The van der Waals surface area contributed by atoms with Crippen LogP contribution in [0, 0.1) is 6.92 Å². The summed E-state index contributed by atoms with van der Waals surface area (Å²) in [6, 6.07) is 16.8. The van der Waals surface area contributed by atoms with Gasteiger partial charge in [-0.05, 0) is 29.7 Å². The van der Waals surface area contributed by atoms with Crippen LogP contribution in [0.5, 0.6) is 0 Å². The van der Waals surface area contributed by atoms with Crippen molar-refractivity contribution >= 4 is 18.0 Å². The number of nitrogens with one attached hydrogen (secondary N) is 1. The van der Waals surface area contributed by atoms with E-state index in [4.69, 9.17) is 0 Å². The molecule has 0 aromatic heterocycles. The van der Waals surface area contributed by atoms with Crippen molar-refractivity contribution in [2.24, 2.45) is 0 Å². The zero-order chi connectivity index (χ0) is 15.5.